The highest BCUT2D eigenvalue weighted by atomic mass is 15.1. The Bertz CT molecular complexity index is 714. The van der Waals surface area contributed by atoms with Gasteiger partial charge in [0.2, 0.25) is 0 Å². The van der Waals surface area contributed by atoms with Gasteiger partial charge in [0.1, 0.15) is 0 Å². The summed E-state index contributed by atoms with van der Waals surface area (Å²) in [5.74, 6) is 3.53. The first-order valence-corrected chi connectivity index (χ1v) is 6.93. The minimum atomic E-state index is 0.617. The first-order chi connectivity index (χ1) is 9.83. The third-order valence-corrected chi connectivity index (χ3v) is 3.82. The van der Waals surface area contributed by atoms with Gasteiger partial charge in [-0.1, -0.05) is 30.2 Å². The van der Waals surface area contributed by atoms with Gasteiger partial charge in [0.05, 0.1) is 18.2 Å². The van der Waals surface area contributed by atoms with Gasteiger partial charge in [-0.3, -0.25) is 0 Å². The van der Waals surface area contributed by atoms with Crippen LogP contribution in [0.2, 0.25) is 0 Å². The maximum absolute atomic E-state index is 9.23. The second kappa shape index (κ2) is 5.27. The van der Waals surface area contributed by atoms with Crippen LogP contribution in [-0.4, -0.2) is 13.1 Å². The van der Waals surface area contributed by atoms with Gasteiger partial charge in [-0.2, -0.15) is 5.26 Å². The summed E-state index contributed by atoms with van der Waals surface area (Å²) < 4.78 is 0. The summed E-state index contributed by atoms with van der Waals surface area (Å²) in [4.78, 5) is 2.27. The Morgan fingerprint density at radius 3 is 2.55 bits per heavy atom. The molecule has 1 aliphatic carbocycles. The molecule has 1 aliphatic rings. The molecular formula is C18H16N2. The maximum Gasteiger partial charge on any atom is 0.0998 e. The second-order valence-corrected chi connectivity index (χ2v) is 5.32. The molecule has 98 valence electrons. The Labute approximate surface area is 119 Å². The van der Waals surface area contributed by atoms with Crippen LogP contribution >= 0.6 is 0 Å². The van der Waals surface area contributed by atoms with E-state index >= 15 is 0 Å². The molecule has 1 fully saturated rings. The molecule has 3 rings (SSSR count). The third-order valence-electron chi connectivity index (χ3n) is 3.82. The molecule has 0 amide bonds. The molecule has 0 aliphatic heterocycles. The van der Waals surface area contributed by atoms with Gasteiger partial charge in [0.25, 0.3) is 0 Å². The van der Waals surface area contributed by atoms with Crippen LogP contribution in [0.1, 0.15) is 18.4 Å². The molecule has 0 unspecified atom stereocenters. The van der Waals surface area contributed by atoms with Crippen molar-refractivity contribution in [3.8, 4) is 18.4 Å². The van der Waals surface area contributed by atoms with Crippen molar-refractivity contribution in [1.82, 2.24) is 0 Å². The van der Waals surface area contributed by atoms with Crippen molar-refractivity contribution in [2.24, 2.45) is 5.92 Å². The van der Waals surface area contributed by atoms with Crippen molar-refractivity contribution in [3.63, 3.8) is 0 Å². The Morgan fingerprint density at radius 2 is 1.90 bits per heavy atom. The molecule has 2 aromatic carbocycles. The molecule has 0 radical (unpaired) electrons. The van der Waals surface area contributed by atoms with E-state index in [-0.39, 0.29) is 0 Å². The number of benzene rings is 2. The predicted octanol–water partition coefficient (Wildman–Crippen LogP) is 3.56. The summed E-state index contributed by atoms with van der Waals surface area (Å²) >= 11 is 0. The highest BCUT2D eigenvalue weighted by Crippen LogP contribution is 2.34. The number of hydrogen-bond donors (Lipinski definition) is 0. The first-order valence-electron chi connectivity index (χ1n) is 6.93. The van der Waals surface area contributed by atoms with Gasteiger partial charge >= 0.3 is 0 Å². The van der Waals surface area contributed by atoms with Crippen LogP contribution in [0.5, 0.6) is 0 Å². The molecule has 0 saturated heterocycles. The minimum absolute atomic E-state index is 0.617. The molecular weight excluding hydrogens is 244 g/mol. The van der Waals surface area contributed by atoms with Crippen LogP contribution in [0.25, 0.3) is 10.8 Å². The summed E-state index contributed by atoms with van der Waals surface area (Å²) in [6.45, 7) is 1.63. The Balaban J connectivity index is 2.10. The molecule has 2 nitrogen and oxygen atoms in total. The lowest BCUT2D eigenvalue weighted by Crippen LogP contribution is -2.26. The van der Waals surface area contributed by atoms with E-state index in [1.54, 1.807) is 0 Å². The van der Waals surface area contributed by atoms with Crippen LogP contribution in [0, 0.1) is 29.6 Å². The lowest BCUT2D eigenvalue weighted by Gasteiger charge is -2.24. The molecule has 20 heavy (non-hydrogen) atoms. The Morgan fingerprint density at radius 1 is 1.15 bits per heavy atom. The average molecular weight is 260 g/mol. The van der Waals surface area contributed by atoms with E-state index in [2.05, 4.69) is 23.0 Å². The zero-order chi connectivity index (χ0) is 13.9. The zero-order valence-corrected chi connectivity index (χ0v) is 11.3. The molecule has 0 bridgehead atoms. The SMILES string of the molecule is C#CCN(CC1CC1)c1ccc(C#N)c2ccccc12. The average Bonchev–Trinajstić information content (AvgIpc) is 3.30. The van der Waals surface area contributed by atoms with E-state index in [1.165, 1.54) is 12.8 Å². The van der Waals surface area contributed by atoms with Crippen molar-refractivity contribution < 1.29 is 0 Å². The molecule has 0 atom stereocenters. The van der Waals surface area contributed by atoms with Crippen molar-refractivity contribution in [2.45, 2.75) is 12.8 Å². The molecule has 0 spiro atoms. The number of anilines is 1. The van der Waals surface area contributed by atoms with Crippen LogP contribution in [-0.2, 0) is 0 Å². The van der Waals surface area contributed by atoms with E-state index in [0.717, 1.165) is 34.5 Å². The normalized spacial score (nSPS) is 13.7. The number of hydrogen-bond acceptors (Lipinski definition) is 2. The fourth-order valence-corrected chi connectivity index (χ4v) is 2.63. The lowest BCUT2D eigenvalue weighted by molar-refractivity contribution is 0.767. The molecule has 0 heterocycles. The molecule has 2 heteroatoms. The van der Waals surface area contributed by atoms with E-state index < -0.39 is 0 Å². The summed E-state index contributed by atoms with van der Waals surface area (Å²) in [6.07, 6.45) is 8.12. The fraction of sp³-hybridized carbons (Fsp3) is 0.278. The smallest absolute Gasteiger partial charge is 0.0998 e. The molecule has 1 saturated carbocycles. The lowest BCUT2D eigenvalue weighted by atomic mass is 10.0. The van der Waals surface area contributed by atoms with Crippen molar-refractivity contribution in [3.05, 3.63) is 42.0 Å². The van der Waals surface area contributed by atoms with Gasteiger partial charge in [-0.15, -0.1) is 6.42 Å². The zero-order valence-electron chi connectivity index (χ0n) is 11.3. The van der Waals surface area contributed by atoms with E-state index in [4.69, 9.17) is 6.42 Å². The number of nitriles is 1. The number of nitrogens with zero attached hydrogens (tertiary/aromatic N) is 2. The molecule has 2 aromatic rings. The summed E-state index contributed by atoms with van der Waals surface area (Å²) in [5, 5.41) is 11.3. The van der Waals surface area contributed by atoms with Gasteiger partial charge < -0.3 is 4.90 Å². The maximum atomic E-state index is 9.23. The highest BCUT2D eigenvalue weighted by molar-refractivity contribution is 5.97. The number of rotatable bonds is 4. The van der Waals surface area contributed by atoms with Crippen molar-refractivity contribution in [2.75, 3.05) is 18.0 Å². The topological polar surface area (TPSA) is 27.0 Å². The molecule has 0 N–H and O–H groups in total. The van der Waals surface area contributed by atoms with Crippen LogP contribution in [0.3, 0.4) is 0 Å². The number of fused-ring (bicyclic) bond motifs is 1. The fourth-order valence-electron chi connectivity index (χ4n) is 2.63. The minimum Gasteiger partial charge on any atom is -0.360 e. The highest BCUT2D eigenvalue weighted by Gasteiger charge is 2.25. The quantitative estimate of drug-likeness (QED) is 0.786. The van der Waals surface area contributed by atoms with Crippen LogP contribution in [0.15, 0.2) is 36.4 Å². The monoisotopic (exact) mass is 260 g/mol. The van der Waals surface area contributed by atoms with Gasteiger partial charge in [-0.25, -0.2) is 0 Å². The predicted molar refractivity (Wildman–Crippen MR) is 82.4 cm³/mol. The van der Waals surface area contributed by atoms with Crippen LogP contribution < -0.4 is 4.90 Å². The first kappa shape index (κ1) is 12.6. The molecule has 0 aromatic heterocycles. The second-order valence-electron chi connectivity index (χ2n) is 5.32. The van der Waals surface area contributed by atoms with Crippen LogP contribution in [0.4, 0.5) is 5.69 Å². The third kappa shape index (κ3) is 2.33. The summed E-state index contributed by atoms with van der Waals surface area (Å²) in [6, 6.07) is 14.2. The Hall–Kier alpha value is -2.45. The number of terminal acetylenes is 1. The van der Waals surface area contributed by atoms with Crippen molar-refractivity contribution >= 4 is 16.5 Å². The van der Waals surface area contributed by atoms with E-state index in [9.17, 15) is 5.26 Å². The van der Waals surface area contributed by atoms with Gasteiger partial charge in [-0.05, 0) is 30.9 Å². The standard InChI is InChI=1S/C18H16N2/c1-2-11-20(13-14-7-8-14)18-10-9-15(12-19)16-5-3-4-6-17(16)18/h1,3-6,9-10,14H,7-8,11,13H2. The van der Waals surface area contributed by atoms with Gasteiger partial charge in [0, 0.05) is 23.0 Å². The van der Waals surface area contributed by atoms with Gasteiger partial charge in [0.15, 0.2) is 0 Å². The van der Waals surface area contributed by atoms with Crippen molar-refractivity contribution in [1.29, 1.82) is 5.26 Å². The largest absolute Gasteiger partial charge is 0.360 e. The summed E-state index contributed by atoms with van der Waals surface area (Å²) in [5.41, 5.74) is 1.86. The Kier molecular flexibility index (Phi) is 3.32. The van der Waals surface area contributed by atoms with E-state index in [0.29, 0.717) is 6.54 Å². The summed E-state index contributed by atoms with van der Waals surface area (Å²) in [7, 11) is 0. The van der Waals surface area contributed by atoms with E-state index in [1.807, 2.05) is 30.3 Å².